The molecule has 4 heteroatoms. The Morgan fingerprint density at radius 1 is 1.31 bits per heavy atom. The molecule has 16 heavy (non-hydrogen) atoms. The summed E-state index contributed by atoms with van der Waals surface area (Å²) in [6, 6.07) is 4.57. The average Bonchev–Trinajstić information content (AvgIpc) is 2.18. The highest BCUT2D eigenvalue weighted by atomic mass is 16.4. The molecule has 0 radical (unpaired) electrons. The highest BCUT2D eigenvalue weighted by Gasteiger charge is 2.22. The number of hydrogen-bond acceptors (Lipinski definition) is 2. The third kappa shape index (κ3) is 2.82. The predicted molar refractivity (Wildman–Crippen MR) is 60.1 cm³/mol. The molecule has 2 N–H and O–H groups in total. The monoisotopic (exact) mass is 221 g/mol. The summed E-state index contributed by atoms with van der Waals surface area (Å²) in [5, 5.41) is 11.5. The van der Waals surface area contributed by atoms with Crippen molar-refractivity contribution in [3.05, 3.63) is 34.9 Å². The van der Waals surface area contributed by atoms with Crippen molar-refractivity contribution in [2.75, 3.05) is 0 Å². The second kappa shape index (κ2) is 4.79. The maximum absolute atomic E-state index is 11.1. The zero-order valence-electron chi connectivity index (χ0n) is 9.57. The van der Waals surface area contributed by atoms with Gasteiger partial charge in [-0.15, -0.1) is 0 Å². The van der Waals surface area contributed by atoms with E-state index in [4.69, 9.17) is 5.11 Å². The van der Waals surface area contributed by atoms with Crippen molar-refractivity contribution in [1.82, 2.24) is 5.32 Å². The molecule has 0 aromatic heterocycles. The minimum Gasteiger partial charge on any atom is -0.479 e. The maximum atomic E-state index is 11.1. The van der Waals surface area contributed by atoms with E-state index >= 15 is 0 Å². The Kier molecular flexibility index (Phi) is 3.66. The summed E-state index contributed by atoms with van der Waals surface area (Å²) in [5.41, 5.74) is 2.45. The lowest BCUT2D eigenvalue weighted by molar-refractivity contribution is -0.141. The lowest BCUT2D eigenvalue weighted by Crippen LogP contribution is -2.32. The summed E-state index contributed by atoms with van der Waals surface area (Å²) in [5.74, 6) is -1.41. The molecule has 1 atom stereocenters. The first-order valence-corrected chi connectivity index (χ1v) is 4.99. The van der Waals surface area contributed by atoms with Crippen LogP contribution in [0, 0.1) is 13.8 Å². The number of carboxylic acid groups (broad SMARTS) is 1. The molecule has 0 spiro atoms. The number of nitrogens with one attached hydrogen (secondary N) is 1. The molecule has 4 nitrogen and oxygen atoms in total. The Hall–Kier alpha value is -1.84. The van der Waals surface area contributed by atoms with Crippen LogP contribution in [0.1, 0.15) is 29.7 Å². The van der Waals surface area contributed by atoms with Crippen LogP contribution >= 0.6 is 0 Å². The van der Waals surface area contributed by atoms with E-state index in [1.54, 1.807) is 6.07 Å². The average molecular weight is 221 g/mol. The summed E-state index contributed by atoms with van der Waals surface area (Å²) < 4.78 is 0. The van der Waals surface area contributed by atoms with E-state index in [0.717, 1.165) is 11.1 Å². The third-order valence-corrected chi connectivity index (χ3v) is 2.34. The van der Waals surface area contributed by atoms with Gasteiger partial charge in [-0.25, -0.2) is 4.79 Å². The van der Waals surface area contributed by atoms with Gasteiger partial charge in [-0.2, -0.15) is 0 Å². The van der Waals surface area contributed by atoms with Crippen LogP contribution in [0.5, 0.6) is 0 Å². The molecule has 0 heterocycles. The van der Waals surface area contributed by atoms with Gasteiger partial charge in [0.05, 0.1) is 0 Å². The molecule has 0 aliphatic heterocycles. The number of benzene rings is 1. The van der Waals surface area contributed by atoms with Crippen molar-refractivity contribution >= 4 is 11.9 Å². The Morgan fingerprint density at radius 3 is 2.44 bits per heavy atom. The topological polar surface area (TPSA) is 66.4 Å². The Balaban J connectivity index is 3.14. The molecule has 1 amide bonds. The van der Waals surface area contributed by atoms with Gasteiger partial charge >= 0.3 is 5.97 Å². The minimum atomic E-state index is -1.05. The van der Waals surface area contributed by atoms with Gasteiger partial charge in [-0.3, -0.25) is 4.79 Å². The molecule has 0 bridgehead atoms. The first-order chi connectivity index (χ1) is 7.41. The van der Waals surface area contributed by atoms with Crippen LogP contribution in [0.25, 0.3) is 0 Å². The number of amides is 1. The highest BCUT2D eigenvalue weighted by Crippen LogP contribution is 2.19. The van der Waals surface area contributed by atoms with Crippen LogP contribution in [0.2, 0.25) is 0 Å². The molecule has 0 aliphatic rings. The molecular weight excluding hydrogens is 206 g/mol. The summed E-state index contributed by atoms with van der Waals surface area (Å²) in [6.07, 6.45) is 0. The molecule has 1 aromatic carbocycles. The lowest BCUT2D eigenvalue weighted by atomic mass is 9.99. The van der Waals surface area contributed by atoms with E-state index in [1.807, 2.05) is 26.0 Å². The third-order valence-electron chi connectivity index (χ3n) is 2.34. The Labute approximate surface area is 94.3 Å². The smallest absolute Gasteiger partial charge is 0.330 e. The molecule has 1 aromatic rings. The van der Waals surface area contributed by atoms with Crippen molar-refractivity contribution in [2.45, 2.75) is 26.8 Å². The second-order valence-corrected chi connectivity index (χ2v) is 3.83. The van der Waals surface area contributed by atoms with Crippen LogP contribution < -0.4 is 5.32 Å². The van der Waals surface area contributed by atoms with E-state index in [2.05, 4.69) is 5.32 Å². The molecule has 0 unspecified atom stereocenters. The van der Waals surface area contributed by atoms with E-state index < -0.39 is 12.0 Å². The van der Waals surface area contributed by atoms with E-state index in [1.165, 1.54) is 6.92 Å². The van der Waals surface area contributed by atoms with E-state index in [0.29, 0.717) is 5.56 Å². The normalized spacial score (nSPS) is 11.9. The Bertz CT molecular complexity index is 426. The fourth-order valence-corrected chi connectivity index (χ4v) is 1.55. The quantitative estimate of drug-likeness (QED) is 0.814. The van der Waals surface area contributed by atoms with Crippen molar-refractivity contribution in [2.24, 2.45) is 0 Å². The molecule has 86 valence electrons. The van der Waals surface area contributed by atoms with E-state index in [-0.39, 0.29) is 5.91 Å². The van der Waals surface area contributed by atoms with Gasteiger partial charge < -0.3 is 10.4 Å². The van der Waals surface area contributed by atoms with Crippen molar-refractivity contribution in [3.8, 4) is 0 Å². The zero-order chi connectivity index (χ0) is 12.3. The summed E-state index contributed by atoms with van der Waals surface area (Å²) in [4.78, 5) is 22.0. The van der Waals surface area contributed by atoms with Crippen molar-refractivity contribution in [3.63, 3.8) is 0 Å². The first-order valence-electron chi connectivity index (χ1n) is 4.99. The highest BCUT2D eigenvalue weighted by molar-refractivity contribution is 5.83. The van der Waals surface area contributed by atoms with Gasteiger partial charge in [0.1, 0.15) is 0 Å². The van der Waals surface area contributed by atoms with Gasteiger partial charge in [-0.05, 0) is 25.0 Å². The van der Waals surface area contributed by atoms with Crippen LogP contribution in [0.4, 0.5) is 0 Å². The summed E-state index contributed by atoms with van der Waals surface area (Å²) >= 11 is 0. The number of hydrogen-bond donors (Lipinski definition) is 2. The number of carboxylic acids is 1. The largest absolute Gasteiger partial charge is 0.479 e. The summed E-state index contributed by atoms with van der Waals surface area (Å²) in [6.45, 7) is 5.02. The van der Waals surface area contributed by atoms with Crippen LogP contribution in [0.15, 0.2) is 18.2 Å². The number of aliphatic carboxylic acids is 1. The number of carbonyl (C=O) groups excluding carboxylic acids is 1. The van der Waals surface area contributed by atoms with Crippen molar-refractivity contribution in [1.29, 1.82) is 0 Å². The molecule has 1 rings (SSSR count). The Morgan fingerprint density at radius 2 is 1.94 bits per heavy atom. The van der Waals surface area contributed by atoms with Gasteiger partial charge in [0.15, 0.2) is 6.04 Å². The first kappa shape index (κ1) is 12.2. The zero-order valence-corrected chi connectivity index (χ0v) is 9.57. The molecule has 0 aliphatic carbocycles. The molecule has 0 saturated carbocycles. The summed E-state index contributed by atoms with van der Waals surface area (Å²) in [7, 11) is 0. The number of carbonyl (C=O) groups is 2. The van der Waals surface area contributed by atoms with Crippen molar-refractivity contribution < 1.29 is 14.7 Å². The maximum Gasteiger partial charge on any atom is 0.330 e. The van der Waals surface area contributed by atoms with Gasteiger partial charge in [0.2, 0.25) is 5.91 Å². The standard InChI is InChI=1S/C12H15NO3/c1-7-4-5-8(2)10(6-7)11(12(15)16)13-9(3)14/h4-6,11H,1-3H3,(H,13,14)(H,15,16)/t11-/m0/s1. The molecular formula is C12H15NO3. The lowest BCUT2D eigenvalue weighted by Gasteiger charge is -2.16. The van der Waals surface area contributed by atoms with E-state index in [9.17, 15) is 9.59 Å². The fraction of sp³-hybridized carbons (Fsp3) is 0.333. The van der Waals surface area contributed by atoms with Gasteiger partial charge in [0.25, 0.3) is 0 Å². The van der Waals surface area contributed by atoms with Gasteiger partial charge in [0, 0.05) is 6.92 Å². The molecule has 0 fully saturated rings. The molecule has 0 saturated heterocycles. The number of aryl methyl sites for hydroxylation is 2. The SMILES string of the molecule is CC(=O)N[C@H](C(=O)O)c1cc(C)ccc1C. The van der Waals surface area contributed by atoms with Crippen LogP contribution in [0.3, 0.4) is 0 Å². The second-order valence-electron chi connectivity index (χ2n) is 3.83. The van der Waals surface area contributed by atoms with Crippen LogP contribution in [-0.2, 0) is 9.59 Å². The minimum absolute atomic E-state index is 0.353. The fourth-order valence-electron chi connectivity index (χ4n) is 1.55. The van der Waals surface area contributed by atoms with Gasteiger partial charge in [-0.1, -0.05) is 23.8 Å². The van der Waals surface area contributed by atoms with Crippen LogP contribution in [-0.4, -0.2) is 17.0 Å². The number of rotatable bonds is 3. The predicted octanol–water partition coefficient (Wildman–Crippen LogP) is 1.57.